The Labute approximate surface area is 173 Å². The number of hydrogen-bond donors (Lipinski definition) is 2. The third-order valence-electron chi connectivity index (χ3n) is 4.17. The SMILES string of the molecule is CS(=O)(=O)Nc1ccc(Nc2cc(OC3CCOCC3)c([N+](=O)[O-])cc2Cl)cc1. The molecule has 1 saturated heterocycles. The van der Waals surface area contributed by atoms with Crippen molar-refractivity contribution in [3.8, 4) is 5.75 Å². The van der Waals surface area contributed by atoms with Gasteiger partial charge in [0.15, 0.2) is 5.75 Å². The molecule has 9 nitrogen and oxygen atoms in total. The van der Waals surface area contributed by atoms with Crippen molar-refractivity contribution in [2.24, 2.45) is 0 Å². The van der Waals surface area contributed by atoms with Gasteiger partial charge in [-0.1, -0.05) is 11.6 Å². The van der Waals surface area contributed by atoms with Crippen LogP contribution >= 0.6 is 11.6 Å². The highest BCUT2D eigenvalue weighted by Gasteiger charge is 2.23. The summed E-state index contributed by atoms with van der Waals surface area (Å²) in [6.07, 6.45) is 2.20. The van der Waals surface area contributed by atoms with E-state index in [0.29, 0.717) is 43.1 Å². The Morgan fingerprint density at radius 1 is 1.17 bits per heavy atom. The molecule has 0 aromatic heterocycles. The second-order valence-corrected chi connectivity index (χ2v) is 8.72. The average Bonchev–Trinajstić information content (AvgIpc) is 2.65. The average molecular weight is 442 g/mol. The summed E-state index contributed by atoms with van der Waals surface area (Å²) >= 11 is 6.22. The molecule has 1 aliphatic rings. The first-order valence-corrected chi connectivity index (χ1v) is 11.1. The van der Waals surface area contributed by atoms with E-state index in [1.54, 1.807) is 24.3 Å². The van der Waals surface area contributed by atoms with Gasteiger partial charge in [-0.25, -0.2) is 8.42 Å². The molecule has 0 unspecified atom stereocenters. The number of nitrogens with zero attached hydrogens (tertiary/aromatic N) is 1. The van der Waals surface area contributed by atoms with Crippen molar-refractivity contribution in [3.05, 3.63) is 51.5 Å². The third-order valence-corrected chi connectivity index (χ3v) is 5.09. The summed E-state index contributed by atoms with van der Waals surface area (Å²) in [6, 6.07) is 9.23. The molecule has 1 heterocycles. The molecule has 0 bridgehead atoms. The lowest BCUT2D eigenvalue weighted by Gasteiger charge is -2.23. The first-order valence-electron chi connectivity index (χ1n) is 8.78. The van der Waals surface area contributed by atoms with Gasteiger partial charge in [0.05, 0.1) is 35.1 Å². The molecule has 156 valence electrons. The monoisotopic (exact) mass is 441 g/mol. The molecule has 0 radical (unpaired) electrons. The molecular weight excluding hydrogens is 422 g/mol. The first-order chi connectivity index (χ1) is 13.7. The van der Waals surface area contributed by atoms with E-state index in [1.165, 1.54) is 12.1 Å². The molecule has 11 heteroatoms. The van der Waals surface area contributed by atoms with Crippen LogP contribution in [0.3, 0.4) is 0 Å². The maximum Gasteiger partial charge on any atom is 0.312 e. The molecule has 0 saturated carbocycles. The van der Waals surface area contributed by atoms with Crippen LogP contribution in [0.25, 0.3) is 0 Å². The molecule has 0 aliphatic carbocycles. The van der Waals surface area contributed by atoms with Gasteiger partial charge in [-0.05, 0) is 24.3 Å². The molecule has 0 spiro atoms. The number of nitro groups is 1. The quantitative estimate of drug-likeness (QED) is 0.493. The summed E-state index contributed by atoms with van der Waals surface area (Å²) in [7, 11) is -3.37. The van der Waals surface area contributed by atoms with Gasteiger partial charge >= 0.3 is 5.69 Å². The van der Waals surface area contributed by atoms with Crippen molar-refractivity contribution in [3.63, 3.8) is 0 Å². The molecule has 2 N–H and O–H groups in total. The minimum Gasteiger partial charge on any atom is -0.483 e. The van der Waals surface area contributed by atoms with Crippen molar-refractivity contribution in [2.45, 2.75) is 18.9 Å². The Morgan fingerprint density at radius 3 is 2.38 bits per heavy atom. The fraction of sp³-hybridized carbons (Fsp3) is 0.333. The van der Waals surface area contributed by atoms with E-state index in [4.69, 9.17) is 21.1 Å². The van der Waals surface area contributed by atoms with Gasteiger partial charge in [-0.3, -0.25) is 14.8 Å². The maximum absolute atomic E-state index is 11.4. The summed E-state index contributed by atoms with van der Waals surface area (Å²) in [5.41, 5.74) is 1.26. The van der Waals surface area contributed by atoms with E-state index in [1.807, 2.05) is 0 Å². The van der Waals surface area contributed by atoms with Gasteiger partial charge in [-0.15, -0.1) is 0 Å². The summed E-state index contributed by atoms with van der Waals surface area (Å²) in [5.74, 6) is 0.129. The number of hydrogen-bond acceptors (Lipinski definition) is 7. The molecule has 2 aromatic rings. The van der Waals surface area contributed by atoms with Gasteiger partial charge < -0.3 is 14.8 Å². The number of nitrogens with one attached hydrogen (secondary N) is 2. The van der Waals surface area contributed by atoms with Crippen molar-refractivity contribution >= 4 is 44.4 Å². The van der Waals surface area contributed by atoms with E-state index >= 15 is 0 Å². The minimum atomic E-state index is -3.37. The van der Waals surface area contributed by atoms with E-state index in [2.05, 4.69) is 10.0 Å². The highest BCUT2D eigenvalue weighted by atomic mass is 35.5. The zero-order chi connectivity index (χ0) is 21.0. The topological polar surface area (TPSA) is 120 Å². The van der Waals surface area contributed by atoms with Gasteiger partial charge in [0.25, 0.3) is 0 Å². The number of halogens is 1. The van der Waals surface area contributed by atoms with Crippen LogP contribution in [0.1, 0.15) is 12.8 Å². The van der Waals surface area contributed by atoms with E-state index in [9.17, 15) is 18.5 Å². The van der Waals surface area contributed by atoms with Crippen LogP contribution in [0.2, 0.25) is 5.02 Å². The molecule has 29 heavy (non-hydrogen) atoms. The molecule has 1 aliphatic heterocycles. The third kappa shape index (κ3) is 5.96. The van der Waals surface area contributed by atoms with Crippen molar-refractivity contribution < 1.29 is 22.8 Å². The summed E-state index contributed by atoms with van der Waals surface area (Å²) in [5, 5.41) is 14.6. The first kappa shape index (κ1) is 21.2. The van der Waals surface area contributed by atoms with Gasteiger partial charge in [0.2, 0.25) is 10.0 Å². The zero-order valence-electron chi connectivity index (χ0n) is 15.6. The Balaban J connectivity index is 1.82. The van der Waals surface area contributed by atoms with Crippen LogP contribution < -0.4 is 14.8 Å². The van der Waals surface area contributed by atoms with Crippen LogP contribution in [-0.2, 0) is 14.8 Å². The highest BCUT2D eigenvalue weighted by Crippen LogP contribution is 2.38. The number of ether oxygens (including phenoxy) is 2. The molecule has 0 atom stereocenters. The number of anilines is 3. The normalized spacial score (nSPS) is 15.0. The zero-order valence-corrected chi connectivity index (χ0v) is 17.1. The van der Waals surface area contributed by atoms with Crippen LogP contribution in [0.4, 0.5) is 22.7 Å². The van der Waals surface area contributed by atoms with E-state index < -0.39 is 14.9 Å². The Morgan fingerprint density at radius 2 is 1.79 bits per heavy atom. The van der Waals surface area contributed by atoms with Crippen molar-refractivity contribution in [1.29, 1.82) is 0 Å². The lowest BCUT2D eigenvalue weighted by molar-refractivity contribution is -0.386. The second kappa shape index (κ2) is 8.85. The van der Waals surface area contributed by atoms with Gasteiger partial charge in [0.1, 0.15) is 6.10 Å². The molecular formula is C18H20ClN3O6S. The predicted molar refractivity (Wildman–Crippen MR) is 111 cm³/mol. The Bertz CT molecular complexity index is 991. The lowest BCUT2D eigenvalue weighted by Crippen LogP contribution is -2.26. The highest BCUT2D eigenvalue weighted by molar-refractivity contribution is 7.92. The number of rotatable bonds is 7. The lowest BCUT2D eigenvalue weighted by atomic mass is 10.1. The van der Waals surface area contributed by atoms with Crippen molar-refractivity contribution in [1.82, 2.24) is 0 Å². The molecule has 1 fully saturated rings. The maximum atomic E-state index is 11.4. The summed E-state index contributed by atoms with van der Waals surface area (Å²) < 4.78 is 36.1. The Hall–Kier alpha value is -2.56. The minimum absolute atomic E-state index is 0.129. The fourth-order valence-corrected chi connectivity index (χ4v) is 3.61. The standard InChI is InChI=1S/C18H20ClN3O6S/c1-29(25,26)21-13-4-2-12(3-5-13)20-16-11-18(17(22(23)24)10-15(16)19)28-14-6-8-27-9-7-14/h2-5,10-11,14,20-21H,6-9H2,1H3. The van der Waals surface area contributed by atoms with Crippen molar-refractivity contribution in [2.75, 3.05) is 29.5 Å². The predicted octanol–water partition coefficient (Wildman–Crippen LogP) is 3.92. The van der Waals surface area contributed by atoms with Crippen LogP contribution in [0.5, 0.6) is 5.75 Å². The van der Waals surface area contributed by atoms with Gasteiger partial charge in [0, 0.05) is 36.3 Å². The number of benzene rings is 2. The summed E-state index contributed by atoms with van der Waals surface area (Å²) in [6.45, 7) is 1.09. The van der Waals surface area contributed by atoms with E-state index in [-0.39, 0.29) is 22.6 Å². The number of nitro benzene ring substituents is 1. The smallest absolute Gasteiger partial charge is 0.312 e. The largest absolute Gasteiger partial charge is 0.483 e. The molecule has 0 amide bonds. The molecule has 3 rings (SSSR count). The second-order valence-electron chi connectivity index (χ2n) is 6.56. The summed E-state index contributed by atoms with van der Waals surface area (Å²) in [4.78, 5) is 10.9. The Kier molecular flexibility index (Phi) is 6.46. The van der Waals surface area contributed by atoms with Crippen LogP contribution in [0, 0.1) is 10.1 Å². The van der Waals surface area contributed by atoms with Crippen LogP contribution in [0.15, 0.2) is 36.4 Å². The number of sulfonamides is 1. The van der Waals surface area contributed by atoms with Gasteiger partial charge in [-0.2, -0.15) is 0 Å². The molecule has 2 aromatic carbocycles. The fourth-order valence-electron chi connectivity index (χ4n) is 2.84. The van der Waals surface area contributed by atoms with E-state index in [0.717, 1.165) is 6.26 Å². The van der Waals surface area contributed by atoms with Crippen LogP contribution in [-0.4, -0.2) is 38.9 Å².